The maximum atomic E-state index is 4.98. The molecule has 0 aliphatic rings. The molecule has 0 amide bonds. The van der Waals surface area contributed by atoms with E-state index in [1.807, 2.05) is 12.1 Å². The van der Waals surface area contributed by atoms with Crippen molar-refractivity contribution < 1.29 is 0 Å². The van der Waals surface area contributed by atoms with Crippen molar-refractivity contribution in [3.63, 3.8) is 0 Å². The quantitative estimate of drug-likeness (QED) is 0.237. The summed E-state index contributed by atoms with van der Waals surface area (Å²) in [4.78, 5) is 19.0. The predicted molar refractivity (Wildman–Crippen MR) is 161 cm³/mol. The van der Waals surface area contributed by atoms with Crippen LogP contribution in [-0.2, 0) is 0 Å². The molecule has 6 aromatic heterocycles. The largest absolute Gasteiger partial charge is 0.308 e. The van der Waals surface area contributed by atoms with E-state index in [0.29, 0.717) is 0 Å². The molecule has 0 fully saturated rings. The maximum absolute atomic E-state index is 4.98. The highest BCUT2D eigenvalue weighted by molar-refractivity contribution is 6.11. The van der Waals surface area contributed by atoms with Crippen molar-refractivity contribution in [2.45, 2.75) is 0 Å². The molecule has 0 aliphatic heterocycles. The Kier molecular flexibility index (Phi) is 4.24. The van der Waals surface area contributed by atoms with E-state index in [-0.39, 0.29) is 0 Å². The monoisotopic (exact) mass is 512 g/mol. The van der Waals surface area contributed by atoms with Crippen LogP contribution in [0.1, 0.15) is 0 Å². The van der Waals surface area contributed by atoms with Crippen molar-refractivity contribution in [2.24, 2.45) is 0 Å². The first-order chi connectivity index (χ1) is 19.8. The topological polar surface area (TPSA) is 61.4 Å². The van der Waals surface area contributed by atoms with Crippen LogP contribution in [0.15, 0.2) is 122 Å². The first kappa shape index (κ1) is 21.3. The second-order valence-electron chi connectivity index (χ2n) is 10.0. The highest BCUT2D eigenvalue weighted by Gasteiger charge is 2.18. The van der Waals surface area contributed by atoms with Gasteiger partial charge in [-0.2, -0.15) is 0 Å². The van der Waals surface area contributed by atoms with E-state index < -0.39 is 0 Å². The van der Waals surface area contributed by atoms with Crippen LogP contribution in [-0.4, -0.2) is 29.1 Å². The van der Waals surface area contributed by atoms with Crippen LogP contribution in [0.5, 0.6) is 0 Å². The van der Waals surface area contributed by atoms with Crippen molar-refractivity contribution in [1.29, 1.82) is 0 Å². The fraction of sp³-hybridized carbons (Fsp3) is 0. The van der Waals surface area contributed by atoms with Gasteiger partial charge < -0.3 is 9.13 Å². The first-order valence-corrected chi connectivity index (χ1v) is 13.2. The fourth-order valence-electron chi connectivity index (χ4n) is 6.05. The SMILES string of the molecule is c1cc(-n2c3ccccc3c3nc4ncccc4cc32)cc(-n2c3ccccc3c3nc4ncccc4cc32)c1. The van der Waals surface area contributed by atoms with E-state index in [9.17, 15) is 0 Å². The van der Waals surface area contributed by atoms with Crippen molar-refractivity contribution >= 4 is 65.9 Å². The molecule has 9 aromatic rings. The van der Waals surface area contributed by atoms with Gasteiger partial charge in [0.25, 0.3) is 0 Å². The Morgan fingerprint density at radius 1 is 0.425 bits per heavy atom. The van der Waals surface area contributed by atoms with Crippen LogP contribution in [0.2, 0.25) is 0 Å². The number of hydrogen-bond donors (Lipinski definition) is 0. The van der Waals surface area contributed by atoms with Gasteiger partial charge in [0, 0.05) is 45.3 Å². The van der Waals surface area contributed by atoms with Gasteiger partial charge in [0.15, 0.2) is 11.3 Å². The minimum Gasteiger partial charge on any atom is -0.308 e. The average molecular weight is 513 g/mol. The number of para-hydroxylation sites is 2. The molecule has 0 unspecified atom stereocenters. The lowest BCUT2D eigenvalue weighted by Crippen LogP contribution is -1.99. The number of aromatic nitrogens is 6. The van der Waals surface area contributed by atoms with Crippen LogP contribution in [0, 0.1) is 0 Å². The van der Waals surface area contributed by atoms with Crippen LogP contribution < -0.4 is 0 Å². The molecule has 0 aliphatic carbocycles. The lowest BCUT2D eigenvalue weighted by Gasteiger charge is -2.13. The maximum Gasteiger partial charge on any atom is 0.159 e. The number of hydrogen-bond acceptors (Lipinski definition) is 4. The molecule has 0 saturated carbocycles. The van der Waals surface area contributed by atoms with Gasteiger partial charge in [0.2, 0.25) is 0 Å². The molecular weight excluding hydrogens is 492 g/mol. The minimum atomic E-state index is 0.756. The van der Waals surface area contributed by atoms with Crippen molar-refractivity contribution in [3.05, 3.63) is 122 Å². The van der Waals surface area contributed by atoms with Crippen molar-refractivity contribution in [2.75, 3.05) is 0 Å². The Labute approximate surface area is 227 Å². The van der Waals surface area contributed by atoms with Crippen LogP contribution in [0.25, 0.3) is 77.3 Å². The molecule has 3 aromatic carbocycles. The van der Waals surface area contributed by atoms with Gasteiger partial charge in [-0.1, -0.05) is 42.5 Å². The summed E-state index contributed by atoms with van der Waals surface area (Å²) >= 11 is 0. The number of pyridine rings is 4. The highest BCUT2D eigenvalue weighted by atomic mass is 15.0. The summed E-state index contributed by atoms with van der Waals surface area (Å²) in [5.74, 6) is 0. The Balaban J connectivity index is 1.36. The zero-order valence-electron chi connectivity index (χ0n) is 21.2. The first-order valence-electron chi connectivity index (χ1n) is 13.2. The Hall–Kier alpha value is -5.62. The van der Waals surface area contributed by atoms with E-state index in [4.69, 9.17) is 9.97 Å². The predicted octanol–water partition coefficient (Wildman–Crippen LogP) is 7.77. The van der Waals surface area contributed by atoms with Gasteiger partial charge in [0.05, 0.1) is 33.1 Å². The van der Waals surface area contributed by atoms with E-state index in [2.05, 4.69) is 116 Å². The van der Waals surface area contributed by atoms with Crippen LogP contribution in [0.4, 0.5) is 0 Å². The lowest BCUT2D eigenvalue weighted by atomic mass is 10.2. The van der Waals surface area contributed by atoms with Gasteiger partial charge in [-0.25, -0.2) is 19.9 Å². The van der Waals surface area contributed by atoms with Crippen LogP contribution in [0.3, 0.4) is 0 Å². The number of rotatable bonds is 2. The smallest absolute Gasteiger partial charge is 0.159 e. The average Bonchev–Trinajstić information content (AvgIpc) is 3.51. The Morgan fingerprint density at radius 2 is 0.925 bits per heavy atom. The van der Waals surface area contributed by atoms with E-state index in [0.717, 1.165) is 77.3 Å². The molecule has 0 saturated heterocycles. The summed E-state index contributed by atoms with van der Waals surface area (Å²) < 4.78 is 4.61. The lowest BCUT2D eigenvalue weighted by molar-refractivity contribution is 1.13. The van der Waals surface area contributed by atoms with Gasteiger partial charge >= 0.3 is 0 Å². The second kappa shape index (κ2) is 7.94. The molecule has 40 heavy (non-hydrogen) atoms. The third-order valence-electron chi connectivity index (χ3n) is 7.77. The zero-order valence-corrected chi connectivity index (χ0v) is 21.2. The molecule has 6 heteroatoms. The molecule has 9 rings (SSSR count). The normalized spacial score (nSPS) is 12.0. The number of benzene rings is 3. The molecule has 0 radical (unpaired) electrons. The summed E-state index contributed by atoms with van der Waals surface area (Å²) in [6.45, 7) is 0. The van der Waals surface area contributed by atoms with E-state index >= 15 is 0 Å². The second-order valence-corrected chi connectivity index (χ2v) is 10.0. The summed E-state index contributed by atoms with van der Waals surface area (Å²) in [6.07, 6.45) is 3.59. The number of fused-ring (bicyclic) bond motifs is 8. The molecule has 6 nitrogen and oxygen atoms in total. The molecule has 0 N–H and O–H groups in total. The number of nitrogens with zero attached hydrogens (tertiary/aromatic N) is 6. The van der Waals surface area contributed by atoms with Crippen molar-refractivity contribution in [1.82, 2.24) is 29.1 Å². The van der Waals surface area contributed by atoms with Gasteiger partial charge in [-0.15, -0.1) is 0 Å². The standard InChI is InChI=1S/C34H20N6/c1-3-14-27-25(12-1)31-29(18-21-8-6-16-35-33(21)37-31)39(27)23-10-5-11-24(20-23)40-28-15-4-2-13-26(28)32-30(40)19-22-9-7-17-36-34(22)38-32/h1-20H. The Morgan fingerprint density at radius 3 is 1.45 bits per heavy atom. The van der Waals surface area contributed by atoms with Gasteiger partial charge in [0.1, 0.15) is 0 Å². The van der Waals surface area contributed by atoms with Gasteiger partial charge in [-0.3, -0.25) is 0 Å². The van der Waals surface area contributed by atoms with E-state index in [1.165, 1.54) is 0 Å². The minimum absolute atomic E-state index is 0.756. The fourth-order valence-corrected chi connectivity index (χ4v) is 6.05. The third kappa shape index (κ3) is 2.93. The van der Waals surface area contributed by atoms with Gasteiger partial charge in [-0.05, 0) is 66.7 Å². The molecular formula is C34H20N6. The molecule has 186 valence electrons. The summed E-state index contributed by atoms with van der Waals surface area (Å²) in [5, 5.41) is 4.25. The summed E-state index contributed by atoms with van der Waals surface area (Å²) in [6, 6.07) is 38.0. The third-order valence-corrected chi connectivity index (χ3v) is 7.77. The summed E-state index contributed by atoms with van der Waals surface area (Å²) in [7, 11) is 0. The molecule has 0 atom stereocenters. The van der Waals surface area contributed by atoms with E-state index in [1.54, 1.807) is 12.4 Å². The molecule has 0 bridgehead atoms. The summed E-state index contributed by atoms with van der Waals surface area (Å²) in [5.41, 5.74) is 9.87. The Bertz CT molecular complexity index is 2280. The highest BCUT2D eigenvalue weighted by Crippen LogP contribution is 2.35. The van der Waals surface area contributed by atoms with Crippen molar-refractivity contribution in [3.8, 4) is 11.4 Å². The zero-order chi connectivity index (χ0) is 26.2. The molecule has 0 spiro atoms. The molecule has 6 heterocycles. The van der Waals surface area contributed by atoms with Crippen LogP contribution >= 0.6 is 0 Å².